The van der Waals surface area contributed by atoms with Crippen LogP contribution in [-0.4, -0.2) is 41.4 Å². The lowest BCUT2D eigenvalue weighted by Gasteiger charge is -2.24. The van der Waals surface area contributed by atoms with Crippen molar-refractivity contribution in [3.63, 3.8) is 0 Å². The Morgan fingerprint density at radius 2 is 1.79 bits per heavy atom. The second kappa shape index (κ2) is 4.60. The molecule has 1 aromatic rings. The number of hydrogen-bond donors (Lipinski definition) is 0. The van der Waals surface area contributed by atoms with Gasteiger partial charge in [0.15, 0.2) is 0 Å². The Labute approximate surface area is 106 Å². The second-order valence-corrected chi connectivity index (χ2v) is 5.97. The molecule has 2 heterocycles. The van der Waals surface area contributed by atoms with E-state index in [1.54, 1.807) is 0 Å². The number of sulfonamides is 1. The van der Waals surface area contributed by atoms with E-state index in [1.807, 2.05) is 0 Å². The van der Waals surface area contributed by atoms with Crippen LogP contribution in [0.1, 0.15) is 12.8 Å². The Morgan fingerprint density at radius 1 is 1.21 bits per heavy atom. The molecule has 10 heteroatoms. The molecule has 19 heavy (non-hydrogen) atoms. The van der Waals surface area contributed by atoms with Crippen molar-refractivity contribution in [1.82, 2.24) is 14.1 Å². The first-order valence-electron chi connectivity index (χ1n) is 5.35. The van der Waals surface area contributed by atoms with Crippen LogP contribution in [0, 0.1) is 0 Å². The number of Topliss-reactive ketones (excluding diaryl/α,β-unsaturated/α-hetero) is 1. The molecule has 1 aromatic heterocycles. The van der Waals surface area contributed by atoms with Gasteiger partial charge in [0.25, 0.3) is 0 Å². The Kier molecular flexibility index (Phi) is 3.39. The van der Waals surface area contributed by atoms with Crippen LogP contribution < -0.4 is 0 Å². The highest BCUT2D eigenvalue weighted by atomic mass is 32.2. The SMILES string of the molecule is O=C1CCN(S(=O)(=O)c2cnn(C(F)(F)F)c2)CC1. The minimum absolute atomic E-state index is 0.0155. The summed E-state index contributed by atoms with van der Waals surface area (Å²) in [5.74, 6) is -0.0579. The summed E-state index contributed by atoms with van der Waals surface area (Å²) in [7, 11) is -4.03. The zero-order valence-electron chi connectivity index (χ0n) is 9.59. The van der Waals surface area contributed by atoms with Crippen molar-refractivity contribution in [2.45, 2.75) is 24.0 Å². The van der Waals surface area contributed by atoms with Gasteiger partial charge in [-0.05, 0) is 0 Å². The first-order chi connectivity index (χ1) is 8.71. The fraction of sp³-hybridized carbons (Fsp3) is 0.556. The van der Waals surface area contributed by atoms with Gasteiger partial charge < -0.3 is 0 Å². The number of halogens is 3. The predicted octanol–water partition coefficient (Wildman–Crippen LogP) is 0.713. The van der Waals surface area contributed by atoms with Gasteiger partial charge in [-0.2, -0.15) is 14.1 Å². The van der Waals surface area contributed by atoms with E-state index in [0.29, 0.717) is 12.4 Å². The minimum Gasteiger partial charge on any atom is -0.300 e. The third-order valence-corrected chi connectivity index (χ3v) is 4.59. The van der Waals surface area contributed by atoms with Gasteiger partial charge in [0.2, 0.25) is 10.0 Å². The number of carbonyl (C=O) groups excluding carboxylic acids is 1. The fourth-order valence-corrected chi connectivity index (χ4v) is 3.08. The van der Waals surface area contributed by atoms with Crippen molar-refractivity contribution in [1.29, 1.82) is 0 Å². The van der Waals surface area contributed by atoms with Gasteiger partial charge in [0.1, 0.15) is 10.7 Å². The lowest BCUT2D eigenvalue weighted by atomic mass is 10.1. The molecule has 0 radical (unpaired) electrons. The Balaban J connectivity index is 2.25. The molecule has 2 rings (SSSR count). The van der Waals surface area contributed by atoms with Gasteiger partial charge in [-0.3, -0.25) is 4.79 Å². The maximum absolute atomic E-state index is 12.3. The summed E-state index contributed by atoms with van der Waals surface area (Å²) in [5.41, 5.74) is 0. The zero-order chi connectivity index (χ0) is 14.3. The van der Waals surface area contributed by atoms with Crippen molar-refractivity contribution in [2.24, 2.45) is 0 Å². The van der Waals surface area contributed by atoms with Crippen LogP contribution in [0.4, 0.5) is 13.2 Å². The maximum atomic E-state index is 12.3. The number of rotatable bonds is 2. The van der Waals surface area contributed by atoms with E-state index < -0.39 is 21.2 Å². The third-order valence-electron chi connectivity index (χ3n) is 2.74. The number of aromatic nitrogens is 2. The van der Waals surface area contributed by atoms with Crippen molar-refractivity contribution < 1.29 is 26.4 Å². The fourth-order valence-electron chi connectivity index (χ4n) is 1.70. The molecule has 6 nitrogen and oxygen atoms in total. The molecule has 1 aliphatic heterocycles. The van der Waals surface area contributed by atoms with E-state index in [4.69, 9.17) is 0 Å². The summed E-state index contributed by atoms with van der Waals surface area (Å²) < 4.78 is 61.7. The molecule has 0 aromatic carbocycles. The van der Waals surface area contributed by atoms with E-state index in [2.05, 4.69) is 5.10 Å². The number of ketones is 1. The molecule has 0 unspecified atom stereocenters. The van der Waals surface area contributed by atoms with Crippen molar-refractivity contribution in [3.05, 3.63) is 12.4 Å². The number of carbonyl (C=O) groups is 1. The summed E-state index contributed by atoms with van der Waals surface area (Å²) >= 11 is 0. The molecule has 0 saturated carbocycles. The summed E-state index contributed by atoms with van der Waals surface area (Å²) in [4.78, 5) is 10.5. The number of nitrogens with zero attached hydrogens (tertiary/aromatic N) is 3. The highest BCUT2D eigenvalue weighted by Crippen LogP contribution is 2.24. The van der Waals surface area contributed by atoms with Crippen LogP contribution in [0.3, 0.4) is 0 Å². The normalized spacial score (nSPS) is 18.8. The van der Waals surface area contributed by atoms with Crippen molar-refractivity contribution in [3.8, 4) is 0 Å². The maximum Gasteiger partial charge on any atom is 0.504 e. The van der Waals surface area contributed by atoms with Gasteiger partial charge >= 0.3 is 6.30 Å². The van der Waals surface area contributed by atoms with E-state index in [1.165, 1.54) is 0 Å². The first-order valence-corrected chi connectivity index (χ1v) is 6.79. The van der Waals surface area contributed by atoms with Crippen LogP contribution in [0.15, 0.2) is 17.3 Å². The van der Waals surface area contributed by atoms with Gasteiger partial charge in [0, 0.05) is 25.9 Å². The van der Waals surface area contributed by atoms with Crippen molar-refractivity contribution in [2.75, 3.05) is 13.1 Å². The summed E-state index contributed by atoms with van der Waals surface area (Å²) in [6.45, 7) is -0.0310. The van der Waals surface area contributed by atoms with Gasteiger partial charge in [-0.15, -0.1) is 13.2 Å². The molecular formula is C9H10F3N3O3S. The van der Waals surface area contributed by atoms with Gasteiger partial charge in [-0.1, -0.05) is 0 Å². The van der Waals surface area contributed by atoms with E-state index in [-0.39, 0.29) is 36.4 Å². The largest absolute Gasteiger partial charge is 0.504 e. The van der Waals surface area contributed by atoms with Crippen LogP contribution in [0.2, 0.25) is 0 Å². The number of piperidine rings is 1. The third kappa shape index (κ3) is 2.78. The Hall–Kier alpha value is -1.42. The molecule has 106 valence electrons. The van der Waals surface area contributed by atoms with Crippen LogP contribution in [0.5, 0.6) is 0 Å². The molecule has 1 fully saturated rings. The van der Waals surface area contributed by atoms with Crippen LogP contribution in [-0.2, 0) is 21.1 Å². The van der Waals surface area contributed by atoms with E-state index in [0.717, 1.165) is 4.31 Å². The predicted molar refractivity (Wildman–Crippen MR) is 56.5 cm³/mol. The second-order valence-electron chi connectivity index (χ2n) is 4.03. The summed E-state index contributed by atoms with van der Waals surface area (Å²) in [5, 5.41) is 2.98. The summed E-state index contributed by atoms with van der Waals surface area (Å²) in [6.07, 6.45) is -3.53. The molecule has 0 spiro atoms. The molecule has 0 bridgehead atoms. The molecule has 1 saturated heterocycles. The standard InChI is InChI=1S/C9H10F3N3O3S/c10-9(11,12)15-6-8(5-13-15)19(17,18)14-3-1-7(16)2-4-14/h5-6H,1-4H2. The molecule has 1 aliphatic rings. The van der Waals surface area contributed by atoms with E-state index >= 15 is 0 Å². The first kappa shape index (κ1) is 14.0. The molecule has 0 aliphatic carbocycles. The van der Waals surface area contributed by atoms with Crippen molar-refractivity contribution >= 4 is 15.8 Å². The minimum atomic E-state index is -4.76. The van der Waals surface area contributed by atoms with Crippen LogP contribution in [0.25, 0.3) is 0 Å². The Bertz CT molecular complexity index is 583. The van der Waals surface area contributed by atoms with Crippen LogP contribution >= 0.6 is 0 Å². The average Bonchev–Trinajstić information content (AvgIpc) is 2.79. The Morgan fingerprint density at radius 3 is 2.26 bits per heavy atom. The zero-order valence-corrected chi connectivity index (χ0v) is 10.4. The quantitative estimate of drug-likeness (QED) is 0.806. The lowest BCUT2D eigenvalue weighted by molar-refractivity contribution is -0.212. The topological polar surface area (TPSA) is 72.3 Å². The molecule has 0 N–H and O–H groups in total. The highest BCUT2D eigenvalue weighted by Gasteiger charge is 2.35. The van der Waals surface area contributed by atoms with Gasteiger partial charge in [0.05, 0.1) is 12.4 Å². The molecule has 0 amide bonds. The highest BCUT2D eigenvalue weighted by molar-refractivity contribution is 7.89. The number of alkyl halides is 3. The molecular weight excluding hydrogens is 287 g/mol. The average molecular weight is 297 g/mol. The number of hydrogen-bond acceptors (Lipinski definition) is 4. The molecule has 0 atom stereocenters. The van der Waals surface area contributed by atoms with Gasteiger partial charge in [-0.25, -0.2) is 8.42 Å². The lowest BCUT2D eigenvalue weighted by Crippen LogP contribution is -2.38. The monoisotopic (exact) mass is 297 g/mol. The van der Waals surface area contributed by atoms with E-state index in [9.17, 15) is 26.4 Å². The summed E-state index contributed by atoms with van der Waals surface area (Å²) in [6, 6.07) is 0. The smallest absolute Gasteiger partial charge is 0.300 e.